The molecule has 0 unspecified atom stereocenters. The lowest BCUT2D eigenvalue weighted by atomic mass is 9.98. The average Bonchev–Trinajstić information content (AvgIpc) is 2.79. The molecule has 0 fully saturated rings. The molecular weight excluding hydrogens is 234 g/mol. The summed E-state index contributed by atoms with van der Waals surface area (Å²) in [5, 5.41) is 7.98. The highest BCUT2D eigenvalue weighted by Crippen LogP contribution is 2.27. The van der Waals surface area contributed by atoms with Gasteiger partial charge in [-0.3, -0.25) is 5.10 Å². The van der Waals surface area contributed by atoms with Crippen LogP contribution in [-0.4, -0.2) is 10.2 Å². The molecule has 0 saturated carbocycles. The molecule has 0 aliphatic heterocycles. The maximum Gasteiger partial charge on any atom is 0.153 e. The summed E-state index contributed by atoms with van der Waals surface area (Å²) in [6.45, 7) is 4.31. The molecule has 19 heavy (non-hydrogen) atoms. The zero-order valence-corrected chi connectivity index (χ0v) is 11.2. The van der Waals surface area contributed by atoms with Crippen molar-refractivity contribution < 1.29 is 0 Å². The molecule has 0 bridgehead atoms. The number of anilines is 1. The predicted molar refractivity (Wildman–Crippen MR) is 80.1 cm³/mol. The largest absolute Gasteiger partial charge is 0.382 e. The van der Waals surface area contributed by atoms with E-state index < -0.39 is 0 Å². The molecule has 1 heterocycles. The predicted octanol–water partition coefficient (Wildman–Crippen LogP) is 3.68. The summed E-state index contributed by atoms with van der Waals surface area (Å²) in [6, 6.07) is 12.9. The van der Waals surface area contributed by atoms with Crippen LogP contribution in [0.3, 0.4) is 0 Å². The van der Waals surface area contributed by atoms with Crippen LogP contribution in [0.5, 0.6) is 0 Å². The second kappa shape index (κ2) is 4.43. The highest BCUT2D eigenvalue weighted by molar-refractivity contribution is 5.91. The van der Waals surface area contributed by atoms with Gasteiger partial charge in [0.15, 0.2) is 5.82 Å². The van der Waals surface area contributed by atoms with Gasteiger partial charge in [0.1, 0.15) is 0 Å². The van der Waals surface area contributed by atoms with Gasteiger partial charge in [-0.15, -0.1) is 0 Å². The van der Waals surface area contributed by atoms with Crippen LogP contribution >= 0.6 is 0 Å². The number of hydrogen-bond acceptors (Lipinski definition) is 2. The molecule has 0 aliphatic rings. The number of hydrogen-bond donors (Lipinski definition) is 2. The second-order valence-electron chi connectivity index (χ2n) is 4.93. The van der Waals surface area contributed by atoms with Gasteiger partial charge in [0.05, 0.1) is 5.52 Å². The summed E-state index contributed by atoms with van der Waals surface area (Å²) in [5.41, 5.74) is 11.9. The molecular formula is C16H17N3. The summed E-state index contributed by atoms with van der Waals surface area (Å²) >= 11 is 0. The minimum Gasteiger partial charge on any atom is -0.382 e. The van der Waals surface area contributed by atoms with Crippen molar-refractivity contribution >= 4 is 16.7 Å². The standard InChI is InChI=1S/C16H17N3/c1-3-11-6-10(2)7-13(8-11)12-4-5-14-15(9-12)18-19-16(14)17/h4-9H,3H2,1-2H3,(H3,17,18,19). The lowest BCUT2D eigenvalue weighted by molar-refractivity contribution is 1.13. The van der Waals surface area contributed by atoms with Crippen LogP contribution in [0.15, 0.2) is 36.4 Å². The zero-order chi connectivity index (χ0) is 13.4. The Morgan fingerprint density at radius 2 is 1.95 bits per heavy atom. The van der Waals surface area contributed by atoms with E-state index in [4.69, 9.17) is 5.73 Å². The number of nitrogens with one attached hydrogen (secondary N) is 1. The molecule has 0 atom stereocenters. The van der Waals surface area contributed by atoms with Gasteiger partial charge in [0.25, 0.3) is 0 Å². The van der Waals surface area contributed by atoms with Crippen LogP contribution in [0.4, 0.5) is 5.82 Å². The lowest BCUT2D eigenvalue weighted by Gasteiger charge is -2.07. The van der Waals surface area contributed by atoms with Crippen molar-refractivity contribution in [2.75, 3.05) is 5.73 Å². The highest BCUT2D eigenvalue weighted by atomic mass is 15.1. The number of aromatic nitrogens is 2. The second-order valence-corrected chi connectivity index (χ2v) is 4.93. The number of benzene rings is 2. The monoisotopic (exact) mass is 251 g/mol. The molecule has 3 nitrogen and oxygen atoms in total. The Balaban J connectivity index is 2.15. The summed E-state index contributed by atoms with van der Waals surface area (Å²) in [5.74, 6) is 0.556. The minimum absolute atomic E-state index is 0.556. The fraction of sp³-hybridized carbons (Fsp3) is 0.188. The molecule has 3 rings (SSSR count). The number of nitrogens with two attached hydrogens (primary N) is 1. The fourth-order valence-corrected chi connectivity index (χ4v) is 2.45. The van der Waals surface area contributed by atoms with Gasteiger partial charge in [-0.05, 0) is 42.2 Å². The van der Waals surface area contributed by atoms with Crippen molar-refractivity contribution in [3.05, 3.63) is 47.5 Å². The Bertz CT molecular complexity index is 741. The quantitative estimate of drug-likeness (QED) is 0.730. The van der Waals surface area contributed by atoms with Gasteiger partial charge < -0.3 is 5.73 Å². The zero-order valence-electron chi connectivity index (χ0n) is 11.2. The normalized spacial score (nSPS) is 11.1. The van der Waals surface area contributed by atoms with Crippen molar-refractivity contribution in [3.8, 4) is 11.1 Å². The number of aromatic amines is 1. The SMILES string of the molecule is CCc1cc(C)cc(-c2ccc3c(N)n[nH]c3c2)c1. The van der Waals surface area contributed by atoms with Gasteiger partial charge in [0, 0.05) is 5.39 Å². The number of nitrogen functional groups attached to an aromatic ring is 1. The van der Waals surface area contributed by atoms with Crippen LogP contribution in [0.25, 0.3) is 22.0 Å². The van der Waals surface area contributed by atoms with Crippen LogP contribution in [0.1, 0.15) is 18.1 Å². The van der Waals surface area contributed by atoms with Crippen LogP contribution < -0.4 is 5.73 Å². The van der Waals surface area contributed by atoms with Crippen molar-refractivity contribution in [1.82, 2.24) is 10.2 Å². The molecule has 96 valence electrons. The summed E-state index contributed by atoms with van der Waals surface area (Å²) in [6.07, 6.45) is 1.05. The van der Waals surface area contributed by atoms with E-state index in [-0.39, 0.29) is 0 Å². The van der Waals surface area contributed by atoms with Gasteiger partial charge in [0.2, 0.25) is 0 Å². The smallest absolute Gasteiger partial charge is 0.153 e. The number of fused-ring (bicyclic) bond motifs is 1. The molecule has 2 aromatic carbocycles. The van der Waals surface area contributed by atoms with Gasteiger partial charge in [-0.1, -0.05) is 36.8 Å². The molecule has 3 aromatic rings. The first kappa shape index (κ1) is 11.8. The topological polar surface area (TPSA) is 54.7 Å². The molecule has 3 heteroatoms. The maximum atomic E-state index is 5.79. The third kappa shape index (κ3) is 2.08. The van der Waals surface area contributed by atoms with E-state index in [0.29, 0.717) is 5.82 Å². The minimum atomic E-state index is 0.556. The Morgan fingerprint density at radius 3 is 2.74 bits per heavy atom. The van der Waals surface area contributed by atoms with Gasteiger partial charge in [-0.2, -0.15) is 5.10 Å². The van der Waals surface area contributed by atoms with E-state index >= 15 is 0 Å². The Labute approximate surface area is 112 Å². The number of nitrogens with zero attached hydrogens (tertiary/aromatic N) is 1. The first-order valence-corrected chi connectivity index (χ1v) is 6.52. The summed E-state index contributed by atoms with van der Waals surface area (Å²) in [7, 11) is 0. The van der Waals surface area contributed by atoms with E-state index in [1.54, 1.807) is 0 Å². The molecule has 0 radical (unpaired) electrons. The molecule has 0 spiro atoms. The highest BCUT2D eigenvalue weighted by Gasteiger charge is 2.05. The van der Waals surface area contributed by atoms with E-state index in [2.05, 4.69) is 54.4 Å². The van der Waals surface area contributed by atoms with Gasteiger partial charge >= 0.3 is 0 Å². The van der Waals surface area contributed by atoms with Crippen LogP contribution in [0, 0.1) is 6.92 Å². The number of H-pyrrole nitrogens is 1. The van der Waals surface area contributed by atoms with E-state index in [0.717, 1.165) is 17.3 Å². The third-order valence-electron chi connectivity index (χ3n) is 3.47. The molecule has 0 aliphatic carbocycles. The summed E-state index contributed by atoms with van der Waals surface area (Å²) in [4.78, 5) is 0. The fourth-order valence-electron chi connectivity index (χ4n) is 2.45. The first-order chi connectivity index (χ1) is 9.17. The molecule has 0 saturated heterocycles. The average molecular weight is 251 g/mol. The van der Waals surface area contributed by atoms with Crippen LogP contribution in [-0.2, 0) is 6.42 Å². The molecule has 1 aromatic heterocycles. The third-order valence-corrected chi connectivity index (χ3v) is 3.47. The summed E-state index contributed by atoms with van der Waals surface area (Å²) < 4.78 is 0. The Kier molecular flexibility index (Phi) is 2.75. The first-order valence-electron chi connectivity index (χ1n) is 6.52. The van der Waals surface area contributed by atoms with E-state index in [1.165, 1.54) is 22.3 Å². The Hall–Kier alpha value is -2.29. The number of aryl methyl sites for hydroxylation is 2. The number of rotatable bonds is 2. The van der Waals surface area contributed by atoms with E-state index in [9.17, 15) is 0 Å². The maximum absolute atomic E-state index is 5.79. The van der Waals surface area contributed by atoms with Crippen molar-refractivity contribution in [3.63, 3.8) is 0 Å². The molecule has 3 N–H and O–H groups in total. The van der Waals surface area contributed by atoms with Crippen molar-refractivity contribution in [1.29, 1.82) is 0 Å². The van der Waals surface area contributed by atoms with E-state index in [1.807, 2.05) is 6.07 Å². The van der Waals surface area contributed by atoms with Crippen LogP contribution in [0.2, 0.25) is 0 Å². The molecule has 0 amide bonds. The van der Waals surface area contributed by atoms with Crippen molar-refractivity contribution in [2.24, 2.45) is 0 Å². The Morgan fingerprint density at radius 1 is 1.11 bits per heavy atom. The lowest BCUT2D eigenvalue weighted by Crippen LogP contribution is -1.86. The van der Waals surface area contributed by atoms with Crippen molar-refractivity contribution in [2.45, 2.75) is 20.3 Å². The van der Waals surface area contributed by atoms with Gasteiger partial charge in [-0.25, -0.2) is 0 Å².